The van der Waals surface area contributed by atoms with E-state index in [2.05, 4.69) is 38.4 Å². The van der Waals surface area contributed by atoms with Crippen molar-refractivity contribution in [1.82, 2.24) is 0 Å². The van der Waals surface area contributed by atoms with Crippen molar-refractivity contribution in [3.63, 3.8) is 0 Å². The first-order valence-electron chi connectivity index (χ1n) is 5.02. The molecular weight excluding hydrogens is 324 g/mol. The molecule has 0 heterocycles. The van der Waals surface area contributed by atoms with Crippen LogP contribution in [0.4, 0.5) is 0 Å². The van der Waals surface area contributed by atoms with E-state index in [1.54, 1.807) is 0 Å². The van der Waals surface area contributed by atoms with Gasteiger partial charge in [0.2, 0.25) is 0 Å². The van der Waals surface area contributed by atoms with Crippen molar-refractivity contribution in [3.05, 3.63) is 12.2 Å². The standard InChI is InChI=1S/C10H20Br2OSi/c1-9(2)8-13-7-5-3-4-6-10(11,12)14/h1,3-8H2,2,14H3. The van der Waals surface area contributed by atoms with Gasteiger partial charge >= 0.3 is 0 Å². The summed E-state index contributed by atoms with van der Waals surface area (Å²) in [6.45, 7) is 7.36. The number of unbranched alkanes of at least 4 members (excludes halogenated alkanes) is 2. The van der Waals surface area contributed by atoms with Gasteiger partial charge in [0.25, 0.3) is 0 Å². The van der Waals surface area contributed by atoms with Crippen molar-refractivity contribution < 1.29 is 4.74 Å². The second-order valence-electron chi connectivity index (χ2n) is 3.89. The molecule has 4 heteroatoms. The molecule has 84 valence electrons. The highest BCUT2D eigenvalue weighted by Gasteiger charge is 2.13. The van der Waals surface area contributed by atoms with Gasteiger partial charge in [-0.1, -0.05) is 56.9 Å². The van der Waals surface area contributed by atoms with E-state index in [9.17, 15) is 0 Å². The van der Waals surface area contributed by atoms with Gasteiger partial charge in [-0.25, -0.2) is 0 Å². The van der Waals surface area contributed by atoms with Gasteiger partial charge in [0.1, 0.15) is 0 Å². The molecule has 0 rings (SSSR count). The molecule has 0 amide bonds. The van der Waals surface area contributed by atoms with Gasteiger partial charge in [0.05, 0.1) is 9.46 Å². The van der Waals surface area contributed by atoms with Gasteiger partial charge in [-0.3, -0.25) is 0 Å². The van der Waals surface area contributed by atoms with E-state index in [1.165, 1.54) is 19.3 Å². The maximum absolute atomic E-state index is 5.41. The molecule has 0 aliphatic heterocycles. The fourth-order valence-corrected chi connectivity index (χ4v) is 1.98. The first-order valence-corrected chi connectivity index (χ1v) is 7.60. The van der Waals surface area contributed by atoms with E-state index in [-0.39, 0.29) is 2.86 Å². The van der Waals surface area contributed by atoms with Gasteiger partial charge in [0.15, 0.2) is 0 Å². The van der Waals surface area contributed by atoms with Crippen LogP contribution in [0.15, 0.2) is 12.2 Å². The SMILES string of the molecule is C=C(C)COCCCCCC([SiH3])(Br)Br. The van der Waals surface area contributed by atoms with Crippen LogP contribution >= 0.6 is 31.9 Å². The first kappa shape index (κ1) is 14.9. The van der Waals surface area contributed by atoms with Crippen LogP contribution in [0.25, 0.3) is 0 Å². The Kier molecular flexibility index (Phi) is 8.58. The fraction of sp³-hybridized carbons (Fsp3) is 0.800. The first-order chi connectivity index (χ1) is 6.42. The average molecular weight is 344 g/mol. The monoisotopic (exact) mass is 342 g/mol. The Morgan fingerprint density at radius 1 is 1.36 bits per heavy atom. The number of hydrogen-bond acceptors (Lipinski definition) is 1. The molecule has 0 radical (unpaired) electrons. The average Bonchev–Trinajstić information content (AvgIpc) is 2.00. The Bertz CT molecular complexity index is 166. The van der Waals surface area contributed by atoms with Crippen molar-refractivity contribution in [3.8, 4) is 0 Å². The normalized spacial score (nSPS) is 11.9. The Morgan fingerprint density at radius 2 is 2.00 bits per heavy atom. The van der Waals surface area contributed by atoms with E-state index in [4.69, 9.17) is 4.74 Å². The summed E-state index contributed by atoms with van der Waals surface area (Å²) < 4.78 is 5.66. The van der Waals surface area contributed by atoms with Crippen LogP contribution in [-0.2, 0) is 4.74 Å². The largest absolute Gasteiger partial charge is 0.377 e. The molecule has 14 heavy (non-hydrogen) atoms. The highest BCUT2D eigenvalue weighted by Crippen LogP contribution is 2.27. The number of alkyl halides is 2. The van der Waals surface area contributed by atoms with E-state index in [0.717, 1.165) is 28.8 Å². The quantitative estimate of drug-likeness (QED) is 0.285. The van der Waals surface area contributed by atoms with E-state index >= 15 is 0 Å². The third kappa shape index (κ3) is 12.9. The van der Waals surface area contributed by atoms with Crippen LogP contribution in [0, 0.1) is 0 Å². The molecule has 0 N–H and O–H groups in total. The number of hydrogen-bond donors (Lipinski definition) is 0. The number of ether oxygens (including phenoxy) is 1. The molecule has 1 nitrogen and oxygen atoms in total. The van der Waals surface area contributed by atoms with Gasteiger partial charge in [-0.2, -0.15) is 0 Å². The second-order valence-corrected chi connectivity index (χ2v) is 13.1. The molecule has 0 saturated heterocycles. The summed E-state index contributed by atoms with van der Waals surface area (Å²) in [4.78, 5) is 0. The lowest BCUT2D eigenvalue weighted by Gasteiger charge is -2.13. The van der Waals surface area contributed by atoms with Crippen LogP contribution in [0.1, 0.15) is 32.6 Å². The third-order valence-corrected chi connectivity index (χ3v) is 3.05. The molecule has 0 saturated carbocycles. The predicted octanol–water partition coefficient (Wildman–Crippen LogP) is 2.95. The van der Waals surface area contributed by atoms with Crippen molar-refractivity contribution in [2.75, 3.05) is 13.2 Å². The molecule has 0 aliphatic carbocycles. The lowest BCUT2D eigenvalue weighted by atomic mass is 10.2. The van der Waals surface area contributed by atoms with Gasteiger partial charge in [-0.15, -0.1) is 0 Å². The number of rotatable bonds is 8. The Morgan fingerprint density at radius 3 is 2.50 bits per heavy atom. The van der Waals surface area contributed by atoms with Gasteiger partial charge in [-0.05, 0) is 19.8 Å². The molecule has 0 atom stereocenters. The minimum absolute atomic E-state index is 0.249. The summed E-state index contributed by atoms with van der Waals surface area (Å²) in [5.74, 6) is 0. The molecule has 0 aliphatic rings. The van der Waals surface area contributed by atoms with Crippen LogP contribution in [-0.4, -0.2) is 26.3 Å². The van der Waals surface area contributed by atoms with Crippen LogP contribution in [0.2, 0.25) is 0 Å². The Hall–Kier alpha value is 0.877. The minimum atomic E-state index is 0.249. The zero-order valence-corrected chi connectivity index (χ0v) is 14.3. The molecular formula is C10H20Br2OSi. The zero-order chi connectivity index (χ0) is 11.0. The molecule has 0 aromatic rings. The molecule has 0 spiro atoms. The van der Waals surface area contributed by atoms with Crippen molar-refractivity contribution in [2.24, 2.45) is 0 Å². The molecule has 0 aromatic carbocycles. The van der Waals surface area contributed by atoms with E-state index in [0.29, 0.717) is 6.61 Å². The molecule has 0 unspecified atom stereocenters. The van der Waals surface area contributed by atoms with Crippen molar-refractivity contribution >= 4 is 42.1 Å². The Balaban J connectivity index is 3.11. The maximum Gasteiger partial charge on any atom is 0.0671 e. The molecule has 0 fully saturated rings. The zero-order valence-electron chi connectivity index (χ0n) is 9.11. The van der Waals surface area contributed by atoms with Crippen LogP contribution < -0.4 is 0 Å². The van der Waals surface area contributed by atoms with Crippen LogP contribution in [0.3, 0.4) is 0 Å². The fourth-order valence-electron chi connectivity index (χ4n) is 1.06. The third-order valence-electron chi connectivity index (χ3n) is 1.75. The van der Waals surface area contributed by atoms with Gasteiger partial charge < -0.3 is 4.74 Å². The summed E-state index contributed by atoms with van der Waals surface area (Å²) >= 11 is 7.23. The van der Waals surface area contributed by atoms with Crippen molar-refractivity contribution in [1.29, 1.82) is 0 Å². The Labute approximate surface area is 107 Å². The van der Waals surface area contributed by atoms with Crippen molar-refractivity contribution in [2.45, 2.75) is 35.5 Å². The predicted molar refractivity (Wildman–Crippen MR) is 74.6 cm³/mol. The maximum atomic E-state index is 5.41. The summed E-state index contributed by atoms with van der Waals surface area (Å²) in [6.07, 6.45) is 4.87. The molecule has 0 aromatic heterocycles. The lowest BCUT2D eigenvalue weighted by molar-refractivity contribution is 0.151. The lowest BCUT2D eigenvalue weighted by Crippen LogP contribution is -2.09. The number of halogens is 2. The van der Waals surface area contributed by atoms with E-state index in [1.807, 2.05) is 6.92 Å². The topological polar surface area (TPSA) is 9.23 Å². The van der Waals surface area contributed by atoms with Crippen LogP contribution in [0.5, 0.6) is 0 Å². The highest BCUT2D eigenvalue weighted by atomic mass is 79.9. The summed E-state index contributed by atoms with van der Waals surface area (Å²) in [6, 6.07) is 0. The van der Waals surface area contributed by atoms with Gasteiger partial charge in [0, 0.05) is 16.8 Å². The second kappa shape index (κ2) is 8.08. The highest BCUT2D eigenvalue weighted by molar-refractivity contribution is 9.26. The smallest absolute Gasteiger partial charge is 0.0671 e. The summed E-state index contributed by atoms with van der Waals surface area (Å²) in [5.41, 5.74) is 1.10. The van der Waals surface area contributed by atoms with E-state index < -0.39 is 0 Å². The molecule has 0 bridgehead atoms. The summed E-state index contributed by atoms with van der Waals surface area (Å²) in [5, 5.41) is 0. The summed E-state index contributed by atoms with van der Waals surface area (Å²) in [7, 11) is 1.14. The minimum Gasteiger partial charge on any atom is -0.377 e.